The number of hydrogen-bond donors (Lipinski definition) is 2. The van der Waals surface area contributed by atoms with Crippen molar-refractivity contribution in [2.45, 2.75) is 12.8 Å². The number of carbonyl (C=O) groups is 1. The Bertz CT molecular complexity index is 592. The van der Waals surface area contributed by atoms with E-state index in [1.165, 1.54) is 11.3 Å². The fourth-order valence-electron chi connectivity index (χ4n) is 1.70. The molecular weight excluding hydrogens is 365 g/mol. The van der Waals surface area contributed by atoms with E-state index in [4.69, 9.17) is 17.3 Å². The summed E-state index contributed by atoms with van der Waals surface area (Å²) in [6.07, 6.45) is 1.07. The van der Waals surface area contributed by atoms with E-state index in [0.717, 1.165) is 22.7 Å². The Kier molecular flexibility index (Phi) is 10.4. The topological polar surface area (TPSA) is 68.0 Å². The lowest BCUT2D eigenvalue weighted by Gasteiger charge is -2.02. The van der Waals surface area contributed by atoms with Crippen LogP contribution in [0.1, 0.15) is 12.1 Å². The lowest BCUT2D eigenvalue weighted by Crippen LogP contribution is -2.27. The fourth-order valence-corrected chi connectivity index (χ4v) is 2.84. The van der Waals surface area contributed by atoms with Crippen LogP contribution in [-0.2, 0) is 11.2 Å². The predicted octanol–water partition coefficient (Wildman–Crippen LogP) is 3.31. The first kappa shape index (κ1) is 21.1. The zero-order valence-corrected chi connectivity index (χ0v) is 15.0. The van der Waals surface area contributed by atoms with Gasteiger partial charge in [-0.05, 0) is 19.0 Å². The van der Waals surface area contributed by atoms with Gasteiger partial charge in [0, 0.05) is 17.5 Å². The highest BCUT2D eigenvalue weighted by Crippen LogP contribution is 2.30. The van der Waals surface area contributed by atoms with E-state index >= 15 is 0 Å². The van der Waals surface area contributed by atoms with Crippen LogP contribution in [0.4, 0.5) is 0 Å². The molecule has 22 heavy (non-hydrogen) atoms. The molecule has 0 aliphatic heterocycles. The molecule has 3 N–H and O–H groups in total. The van der Waals surface area contributed by atoms with Gasteiger partial charge in [0.2, 0.25) is 5.91 Å². The molecule has 0 spiro atoms. The molecule has 0 unspecified atom stereocenters. The number of aromatic nitrogens is 1. The molecule has 122 valence electrons. The molecule has 2 rings (SSSR count). The van der Waals surface area contributed by atoms with Gasteiger partial charge in [-0.2, -0.15) is 0 Å². The van der Waals surface area contributed by atoms with Crippen molar-refractivity contribution >= 4 is 53.7 Å². The van der Waals surface area contributed by atoms with E-state index in [2.05, 4.69) is 10.3 Å². The van der Waals surface area contributed by atoms with E-state index in [1.54, 1.807) is 0 Å². The van der Waals surface area contributed by atoms with Crippen molar-refractivity contribution in [3.05, 3.63) is 40.4 Å². The molecule has 1 aromatic carbocycles. The number of rotatable bonds is 6. The summed E-state index contributed by atoms with van der Waals surface area (Å²) in [6, 6.07) is 7.55. The van der Waals surface area contributed by atoms with Crippen LogP contribution in [0.15, 0.2) is 29.6 Å². The molecule has 4 nitrogen and oxygen atoms in total. The molecule has 1 aromatic heterocycles. The molecule has 0 radical (unpaired) electrons. The van der Waals surface area contributed by atoms with Gasteiger partial charge < -0.3 is 11.1 Å². The number of hydrogen-bond acceptors (Lipinski definition) is 4. The van der Waals surface area contributed by atoms with Crippen LogP contribution in [0.3, 0.4) is 0 Å². The van der Waals surface area contributed by atoms with E-state index < -0.39 is 0 Å². The van der Waals surface area contributed by atoms with Crippen LogP contribution in [0.25, 0.3) is 10.6 Å². The number of halogens is 3. The summed E-state index contributed by atoms with van der Waals surface area (Å²) >= 11 is 7.63. The second-order valence-corrected chi connectivity index (χ2v) is 5.56. The molecule has 0 fully saturated rings. The van der Waals surface area contributed by atoms with Crippen LogP contribution < -0.4 is 11.1 Å². The molecule has 0 saturated heterocycles. The largest absolute Gasteiger partial charge is 0.356 e. The molecule has 0 atom stereocenters. The lowest BCUT2D eigenvalue weighted by molar-refractivity contribution is -0.120. The first-order chi connectivity index (χ1) is 9.70. The molecule has 1 heterocycles. The SMILES string of the molecule is Cl.Cl.NCCCNC(=O)Cc1csc(-c2ccccc2Cl)n1. The maximum Gasteiger partial charge on any atom is 0.226 e. The third-order valence-electron chi connectivity index (χ3n) is 2.70. The fraction of sp³-hybridized carbons (Fsp3) is 0.286. The van der Waals surface area contributed by atoms with E-state index in [-0.39, 0.29) is 37.1 Å². The molecule has 0 aliphatic rings. The first-order valence-electron chi connectivity index (χ1n) is 6.37. The Morgan fingerprint density at radius 3 is 2.73 bits per heavy atom. The number of nitrogens with one attached hydrogen (secondary N) is 1. The van der Waals surface area contributed by atoms with Crippen LogP contribution in [0, 0.1) is 0 Å². The number of carbonyl (C=O) groups excluding carboxylic acids is 1. The maximum atomic E-state index is 11.7. The molecule has 0 saturated carbocycles. The second-order valence-electron chi connectivity index (χ2n) is 4.29. The van der Waals surface area contributed by atoms with Crippen LogP contribution in [-0.4, -0.2) is 24.0 Å². The minimum absolute atomic E-state index is 0. The Morgan fingerprint density at radius 1 is 1.32 bits per heavy atom. The zero-order chi connectivity index (χ0) is 14.4. The van der Waals surface area contributed by atoms with Crippen molar-refractivity contribution in [2.24, 2.45) is 5.73 Å². The second kappa shape index (κ2) is 10.8. The number of thiazole rings is 1. The highest BCUT2D eigenvalue weighted by atomic mass is 35.5. The third-order valence-corrected chi connectivity index (χ3v) is 3.95. The van der Waals surface area contributed by atoms with Gasteiger partial charge in [-0.3, -0.25) is 4.79 Å². The van der Waals surface area contributed by atoms with Gasteiger partial charge in [-0.1, -0.05) is 29.8 Å². The zero-order valence-electron chi connectivity index (χ0n) is 11.8. The Morgan fingerprint density at radius 2 is 2.05 bits per heavy atom. The Balaban J connectivity index is 0.00000220. The minimum Gasteiger partial charge on any atom is -0.356 e. The van der Waals surface area contributed by atoms with Crippen LogP contribution in [0.2, 0.25) is 5.02 Å². The summed E-state index contributed by atoms with van der Waals surface area (Å²) < 4.78 is 0. The summed E-state index contributed by atoms with van der Waals surface area (Å²) in [4.78, 5) is 16.1. The van der Waals surface area contributed by atoms with Crippen molar-refractivity contribution in [3.8, 4) is 10.6 Å². The maximum absolute atomic E-state index is 11.7. The normalized spacial score (nSPS) is 9.55. The van der Waals surface area contributed by atoms with Crippen molar-refractivity contribution in [1.82, 2.24) is 10.3 Å². The third kappa shape index (κ3) is 6.10. The van der Waals surface area contributed by atoms with Crippen molar-refractivity contribution < 1.29 is 4.79 Å². The molecule has 2 aromatic rings. The minimum atomic E-state index is -0.0329. The van der Waals surface area contributed by atoms with Gasteiger partial charge >= 0.3 is 0 Å². The smallest absolute Gasteiger partial charge is 0.226 e. The summed E-state index contributed by atoms with van der Waals surface area (Å²) in [5.41, 5.74) is 7.03. The lowest BCUT2D eigenvalue weighted by atomic mass is 10.2. The van der Waals surface area contributed by atoms with Crippen molar-refractivity contribution in [1.29, 1.82) is 0 Å². The van der Waals surface area contributed by atoms with Gasteiger partial charge in [-0.25, -0.2) is 4.98 Å². The van der Waals surface area contributed by atoms with Crippen LogP contribution in [0.5, 0.6) is 0 Å². The monoisotopic (exact) mass is 381 g/mol. The van der Waals surface area contributed by atoms with Gasteiger partial charge in [-0.15, -0.1) is 36.2 Å². The van der Waals surface area contributed by atoms with Crippen molar-refractivity contribution in [3.63, 3.8) is 0 Å². The van der Waals surface area contributed by atoms with Gasteiger partial charge in [0.15, 0.2) is 0 Å². The highest BCUT2D eigenvalue weighted by molar-refractivity contribution is 7.13. The van der Waals surface area contributed by atoms with Gasteiger partial charge in [0.05, 0.1) is 17.1 Å². The Hall–Kier alpha value is -0.850. The average molecular weight is 383 g/mol. The van der Waals surface area contributed by atoms with Crippen LogP contribution >= 0.6 is 47.8 Å². The van der Waals surface area contributed by atoms with E-state index in [1.807, 2.05) is 29.6 Å². The summed E-state index contributed by atoms with van der Waals surface area (Å²) in [6.45, 7) is 1.18. The first-order valence-corrected chi connectivity index (χ1v) is 7.62. The highest BCUT2D eigenvalue weighted by Gasteiger charge is 2.10. The average Bonchev–Trinajstić information content (AvgIpc) is 2.88. The number of nitrogens with zero attached hydrogens (tertiary/aromatic N) is 1. The van der Waals surface area contributed by atoms with Gasteiger partial charge in [0.1, 0.15) is 5.01 Å². The standard InChI is InChI=1S/C14H16ClN3OS.2ClH/c15-12-5-2-1-4-11(12)14-18-10(9-20-14)8-13(19)17-7-3-6-16;;/h1-2,4-5,9H,3,6-8,16H2,(H,17,19);2*1H. The van der Waals surface area contributed by atoms with Gasteiger partial charge in [0.25, 0.3) is 0 Å². The van der Waals surface area contributed by atoms with E-state index in [9.17, 15) is 4.79 Å². The molecule has 0 bridgehead atoms. The van der Waals surface area contributed by atoms with E-state index in [0.29, 0.717) is 18.1 Å². The number of nitrogens with two attached hydrogens (primary N) is 1. The number of amides is 1. The Labute approximate surface area is 151 Å². The quantitative estimate of drug-likeness (QED) is 0.753. The summed E-state index contributed by atoms with van der Waals surface area (Å²) in [5, 5.41) is 6.20. The summed E-state index contributed by atoms with van der Waals surface area (Å²) in [5.74, 6) is -0.0329. The molecule has 1 amide bonds. The summed E-state index contributed by atoms with van der Waals surface area (Å²) in [7, 11) is 0. The van der Waals surface area contributed by atoms with Crippen molar-refractivity contribution in [2.75, 3.05) is 13.1 Å². The number of benzene rings is 1. The molecular formula is C14H18Cl3N3OS. The molecule has 8 heteroatoms. The predicted molar refractivity (Wildman–Crippen MR) is 97.4 cm³/mol. The molecule has 0 aliphatic carbocycles.